The van der Waals surface area contributed by atoms with Crippen LogP contribution in [0.4, 0.5) is 5.69 Å². The summed E-state index contributed by atoms with van der Waals surface area (Å²) in [5.41, 5.74) is 5.41. The Labute approximate surface area is 183 Å². The summed E-state index contributed by atoms with van der Waals surface area (Å²) in [6, 6.07) is 13.5. The van der Waals surface area contributed by atoms with Gasteiger partial charge in [-0.05, 0) is 43.5 Å². The summed E-state index contributed by atoms with van der Waals surface area (Å²) in [6.45, 7) is 9.45. The molecule has 0 aliphatic carbocycles. The Morgan fingerprint density at radius 2 is 1.58 bits per heavy atom. The van der Waals surface area contributed by atoms with Crippen LogP contribution < -0.4 is 4.90 Å². The van der Waals surface area contributed by atoms with Crippen molar-refractivity contribution >= 4 is 23.1 Å². The lowest BCUT2D eigenvalue weighted by atomic mass is 9.97. The molecule has 2 amide bonds. The SMILES string of the molecule is Cc1ccc(C2=C(N3CCN(CCO)CC3)C(=O)N(c3ccccc3C)C2=O)c(C)c1. The minimum atomic E-state index is -0.265. The second-order valence-corrected chi connectivity index (χ2v) is 8.33. The minimum Gasteiger partial charge on any atom is -0.395 e. The molecule has 2 aliphatic rings. The molecule has 0 saturated carbocycles. The maximum Gasteiger partial charge on any atom is 0.282 e. The molecular weight excluding hydrogens is 390 g/mol. The van der Waals surface area contributed by atoms with E-state index >= 15 is 0 Å². The van der Waals surface area contributed by atoms with Crippen LogP contribution in [0.25, 0.3) is 5.57 Å². The number of β-amino-alcohol motifs (C(OH)–C–C–N with tert-alkyl or cyclic N) is 1. The molecule has 2 aromatic carbocycles. The summed E-state index contributed by atoms with van der Waals surface area (Å²) < 4.78 is 0. The van der Waals surface area contributed by atoms with Gasteiger partial charge < -0.3 is 10.0 Å². The Balaban J connectivity index is 1.79. The van der Waals surface area contributed by atoms with Crippen LogP contribution in [0.15, 0.2) is 48.2 Å². The molecule has 6 nitrogen and oxygen atoms in total. The number of benzene rings is 2. The topological polar surface area (TPSA) is 64.1 Å². The summed E-state index contributed by atoms with van der Waals surface area (Å²) in [6.07, 6.45) is 0. The number of nitrogens with zero attached hydrogens (tertiary/aromatic N) is 3. The van der Waals surface area contributed by atoms with Crippen LogP contribution in [0.5, 0.6) is 0 Å². The molecule has 162 valence electrons. The lowest BCUT2D eigenvalue weighted by Crippen LogP contribution is -2.48. The van der Waals surface area contributed by atoms with E-state index in [0.29, 0.717) is 36.6 Å². The number of rotatable bonds is 5. The number of aryl methyl sites for hydroxylation is 3. The maximum absolute atomic E-state index is 13.7. The predicted molar refractivity (Wildman–Crippen MR) is 122 cm³/mol. The molecule has 31 heavy (non-hydrogen) atoms. The summed E-state index contributed by atoms with van der Waals surface area (Å²) in [5, 5.41) is 9.23. The first-order valence-electron chi connectivity index (χ1n) is 10.8. The van der Waals surface area contributed by atoms with Gasteiger partial charge in [-0.1, -0.05) is 42.0 Å². The first-order chi connectivity index (χ1) is 14.9. The zero-order chi connectivity index (χ0) is 22.1. The van der Waals surface area contributed by atoms with Gasteiger partial charge in [0.05, 0.1) is 17.9 Å². The van der Waals surface area contributed by atoms with Crippen molar-refractivity contribution in [3.05, 3.63) is 70.4 Å². The van der Waals surface area contributed by atoms with Gasteiger partial charge in [0.15, 0.2) is 0 Å². The van der Waals surface area contributed by atoms with Gasteiger partial charge in [-0.2, -0.15) is 0 Å². The lowest BCUT2D eigenvalue weighted by molar-refractivity contribution is -0.120. The van der Waals surface area contributed by atoms with Crippen molar-refractivity contribution < 1.29 is 14.7 Å². The molecule has 1 fully saturated rings. The van der Waals surface area contributed by atoms with E-state index in [0.717, 1.165) is 35.3 Å². The van der Waals surface area contributed by atoms with E-state index in [-0.39, 0.29) is 18.4 Å². The van der Waals surface area contributed by atoms with Gasteiger partial charge in [-0.3, -0.25) is 14.5 Å². The smallest absolute Gasteiger partial charge is 0.282 e. The van der Waals surface area contributed by atoms with Crippen LogP contribution in [-0.2, 0) is 9.59 Å². The van der Waals surface area contributed by atoms with Crippen molar-refractivity contribution in [1.29, 1.82) is 0 Å². The monoisotopic (exact) mass is 419 g/mol. The van der Waals surface area contributed by atoms with Crippen molar-refractivity contribution in [3.8, 4) is 0 Å². The van der Waals surface area contributed by atoms with Gasteiger partial charge >= 0.3 is 0 Å². The third-order valence-electron chi connectivity index (χ3n) is 6.17. The molecule has 2 aromatic rings. The molecule has 0 bridgehead atoms. The fourth-order valence-corrected chi connectivity index (χ4v) is 4.52. The molecule has 6 heteroatoms. The molecule has 0 spiro atoms. The maximum atomic E-state index is 13.7. The van der Waals surface area contributed by atoms with Gasteiger partial charge in [-0.15, -0.1) is 0 Å². The summed E-state index contributed by atoms with van der Waals surface area (Å²) in [5.74, 6) is -0.524. The van der Waals surface area contributed by atoms with Crippen LogP contribution in [0.3, 0.4) is 0 Å². The van der Waals surface area contributed by atoms with E-state index in [2.05, 4.69) is 4.90 Å². The van der Waals surface area contributed by atoms with E-state index in [1.807, 2.05) is 68.1 Å². The Kier molecular flexibility index (Phi) is 5.94. The Hall–Kier alpha value is -2.96. The molecular formula is C25H29N3O3. The van der Waals surface area contributed by atoms with Crippen LogP contribution >= 0.6 is 0 Å². The molecule has 4 rings (SSSR count). The zero-order valence-corrected chi connectivity index (χ0v) is 18.4. The van der Waals surface area contributed by atoms with E-state index in [1.54, 1.807) is 0 Å². The Morgan fingerprint density at radius 1 is 0.871 bits per heavy atom. The molecule has 0 aromatic heterocycles. The number of hydrogen-bond donors (Lipinski definition) is 1. The molecule has 0 unspecified atom stereocenters. The number of imide groups is 1. The lowest BCUT2D eigenvalue weighted by Gasteiger charge is -2.36. The third kappa shape index (κ3) is 3.89. The highest BCUT2D eigenvalue weighted by molar-refractivity contribution is 6.45. The van der Waals surface area contributed by atoms with E-state index < -0.39 is 0 Å². The quantitative estimate of drug-likeness (QED) is 0.755. The summed E-state index contributed by atoms with van der Waals surface area (Å²) in [4.78, 5) is 32.9. The van der Waals surface area contributed by atoms with Gasteiger partial charge in [0.1, 0.15) is 5.70 Å². The number of carbonyl (C=O) groups excluding carboxylic acids is 2. The first kappa shape index (κ1) is 21.3. The van der Waals surface area contributed by atoms with Gasteiger partial charge in [0.2, 0.25) is 0 Å². The predicted octanol–water partition coefficient (Wildman–Crippen LogP) is 2.51. The van der Waals surface area contributed by atoms with Crippen LogP contribution in [0.2, 0.25) is 0 Å². The Morgan fingerprint density at radius 3 is 2.23 bits per heavy atom. The van der Waals surface area contributed by atoms with Crippen LogP contribution in [-0.4, -0.2) is 66.1 Å². The second-order valence-electron chi connectivity index (χ2n) is 8.33. The number of para-hydroxylation sites is 1. The number of aliphatic hydroxyl groups excluding tert-OH is 1. The average molecular weight is 420 g/mol. The number of aliphatic hydroxyl groups is 1. The second kappa shape index (κ2) is 8.65. The van der Waals surface area contributed by atoms with E-state index in [9.17, 15) is 14.7 Å². The molecule has 0 radical (unpaired) electrons. The van der Waals surface area contributed by atoms with Crippen molar-refractivity contribution in [3.63, 3.8) is 0 Å². The first-order valence-corrected chi connectivity index (χ1v) is 10.8. The highest BCUT2D eigenvalue weighted by atomic mass is 16.3. The number of anilines is 1. The highest BCUT2D eigenvalue weighted by Crippen LogP contribution is 2.37. The van der Waals surface area contributed by atoms with Gasteiger partial charge in [-0.25, -0.2) is 4.90 Å². The minimum absolute atomic E-state index is 0.120. The van der Waals surface area contributed by atoms with Gasteiger partial charge in [0.25, 0.3) is 11.8 Å². The fraction of sp³-hybridized carbons (Fsp3) is 0.360. The van der Waals surface area contributed by atoms with Gasteiger partial charge in [0, 0.05) is 32.7 Å². The van der Waals surface area contributed by atoms with Crippen molar-refractivity contribution in [2.45, 2.75) is 20.8 Å². The number of amides is 2. The fourth-order valence-electron chi connectivity index (χ4n) is 4.52. The molecule has 2 heterocycles. The van der Waals surface area contributed by atoms with Crippen molar-refractivity contribution in [2.24, 2.45) is 0 Å². The van der Waals surface area contributed by atoms with Crippen LogP contribution in [0.1, 0.15) is 22.3 Å². The third-order valence-corrected chi connectivity index (χ3v) is 6.17. The summed E-state index contributed by atoms with van der Waals surface area (Å²) in [7, 11) is 0. The molecule has 2 aliphatic heterocycles. The molecule has 1 saturated heterocycles. The number of hydrogen-bond acceptors (Lipinski definition) is 5. The molecule has 0 atom stereocenters. The number of carbonyl (C=O) groups is 2. The molecule has 1 N–H and O–H groups in total. The Bertz CT molecular complexity index is 1050. The average Bonchev–Trinajstić information content (AvgIpc) is 3.00. The summed E-state index contributed by atoms with van der Waals surface area (Å²) >= 11 is 0. The zero-order valence-electron chi connectivity index (χ0n) is 18.4. The van der Waals surface area contributed by atoms with Crippen LogP contribution in [0, 0.1) is 20.8 Å². The van der Waals surface area contributed by atoms with E-state index in [4.69, 9.17) is 0 Å². The van der Waals surface area contributed by atoms with Crippen molar-refractivity contribution in [1.82, 2.24) is 9.80 Å². The standard InChI is InChI=1S/C25H29N3O3/c1-17-8-9-20(19(3)16-17)22-23(27-12-10-26(11-13-27)14-15-29)25(31)28(24(22)30)21-7-5-4-6-18(21)2/h4-9,16,29H,10-15H2,1-3H3. The normalized spacial score (nSPS) is 17.8. The highest BCUT2D eigenvalue weighted by Gasteiger charge is 2.43. The largest absolute Gasteiger partial charge is 0.395 e. The van der Waals surface area contributed by atoms with E-state index in [1.165, 1.54) is 4.90 Å². The van der Waals surface area contributed by atoms with Crippen molar-refractivity contribution in [2.75, 3.05) is 44.2 Å². The number of piperazine rings is 1.